The molecule has 42 heavy (non-hydrogen) atoms. The van der Waals surface area contributed by atoms with Crippen LogP contribution in [0.4, 0.5) is 20.1 Å². The average molecular weight is 595 g/mol. The number of carbonyl (C=O) groups is 3. The van der Waals surface area contributed by atoms with Crippen molar-refractivity contribution in [1.82, 2.24) is 5.32 Å². The molecular formula is C27H34N2O13. The van der Waals surface area contributed by atoms with Gasteiger partial charge in [-0.25, -0.2) is 14.4 Å². The second-order valence-electron chi connectivity index (χ2n) is 9.10. The van der Waals surface area contributed by atoms with Gasteiger partial charge < -0.3 is 43.6 Å². The maximum atomic E-state index is 12.2. The fourth-order valence-corrected chi connectivity index (χ4v) is 3.23. The van der Waals surface area contributed by atoms with Crippen LogP contribution in [-0.4, -0.2) is 75.6 Å². The van der Waals surface area contributed by atoms with Gasteiger partial charge in [0.05, 0.1) is 50.6 Å². The lowest BCUT2D eigenvalue weighted by atomic mass is 9.93. The van der Waals surface area contributed by atoms with E-state index in [4.69, 9.17) is 33.2 Å². The molecule has 1 unspecified atom stereocenters. The number of nitrogens with zero attached hydrogens (tertiary/aromatic N) is 1. The highest BCUT2D eigenvalue weighted by Crippen LogP contribution is 2.34. The predicted octanol–water partition coefficient (Wildman–Crippen LogP) is 3.73. The Morgan fingerprint density at radius 1 is 0.905 bits per heavy atom. The molecule has 0 saturated carbocycles. The van der Waals surface area contributed by atoms with Gasteiger partial charge in [0, 0.05) is 18.4 Å². The van der Waals surface area contributed by atoms with Crippen molar-refractivity contribution in [2.45, 2.75) is 26.6 Å². The summed E-state index contributed by atoms with van der Waals surface area (Å²) in [5, 5.41) is 23.6. The molecule has 0 aromatic heterocycles. The van der Waals surface area contributed by atoms with Crippen molar-refractivity contribution >= 4 is 24.1 Å². The number of alkyl carbamates (subject to hydrolysis) is 1. The maximum absolute atomic E-state index is 12.2. The van der Waals surface area contributed by atoms with Gasteiger partial charge in [-0.3, -0.25) is 10.1 Å². The lowest BCUT2D eigenvalue weighted by Gasteiger charge is -2.26. The third-order valence-electron chi connectivity index (χ3n) is 5.65. The molecule has 230 valence electrons. The molecule has 2 aromatic rings. The molecule has 0 fully saturated rings. The summed E-state index contributed by atoms with van der Waals surface area (Å²) in [5.74, 6) is 0.357. The Kier molecular flexibility index (Phi) is 13.6. The zero-order chi connectivity index (χ0) is 31.0. The van der Waals surface area contributed by atoms with Crippen LogP contribution in [0.3, 0.4) is 0 Å². The lowest BCUT2D eigenvalue weighted by molar-refractivity contribution is -0.385. The number of rotatable bonds is 16. The molecule has 1 atom stereocenters. The Labute approximate surface area is 241 Å². The van der Waals surface area contributed by atoms with Crippen molar-refractivity contribution in [1.29, 1.82) is 0 Å². The first-order valence-corrected chi connectivity index (χ1v) is 12.6. The monoisotopic (exact) mass is 594 g/mol. The van der Waals surface area contributed by atoms with E-state index in [1.807, 2.05) is 18.2 Å². The van der Waals surface area contributed by atoms with E-state index in [-0.39, 0.29) is 62.1 Å². The Hall–Kier alpha value is -4.79. The van der Waals surface area contributed by atoms with Crippen LogP contribution in [0.25, 0.3) is 0 Å². The highest BCUT2D eigenvalue weighted by Gasteiger charge is 2.28. The number of amides is 1. The number of ether oxygens (including phenoxy) is 7. The van der Waals surface area contributed by atoms with Crippen molar-refractivity contribution in [3.05, 3.63) is 63.7 Å². The minimum absolute atomic E-state index is 0.0479. The summed E-state index contributed by atoms with van der Waals surface area (Å²) in [4.78, 5) is 46.5. The van der Waals surface area contributed by atoms with Crippen molar-refractivity contribution in [2.24, 2.45) is 5.41 Å². The largest absolute Gasteiger partial charge is 0.508 e. The molecular weight excluding hydrogens is 560 g/mol. The molecule has 0 spiro atoms. The molecule has 0 aliphatic heterocycles. The van der Waals surface area contributed by atoms with Crippen LogP contribution < -0.4 is 14.8 Å². The second kappa shape index (κ2) is 17.1. The summed E-state index contributed by atoms with van der Waals surface area (Å²) in [7, 11) is 2.69. The van der Waals surface area contributed by atoms with Gasteiger partial charge in [0.25, 0.3) is 5.69 Å². The predicted molar refractivity (Wildman–Crippen MR) is 144 cm³/mol. The van der Waals surface area contributed by atoms with E-state index in [1.54, 1.807) is 12.1 Å². The van der Waals surface area contributed by atoms with E-state index in [0.717, 1.165) is 11.6 Å². The van der Waals surface area contributed by atoms with Crippen LogP contribution in [0.2, 0.25) is 0 Å². The molecule has 1 amide bonds. The van der Waals surface area contributed by atoms with Gasteiger partial charge >= 0.3 is 18.4 Å². The van der Waals surface area contributed by atoms with Crippen LogP contribution in [0.5, 0.6) is 11.5 Å². The van der Waals surface area contributed by atoms with Gasteiger partial charge in [0.15, 0.2) is 11.5 Å². The van der Waals surface area contributed by atoms with E-state index in [1.165, 1.54) is 27.2 Å². The smallest absolute Gasteiger partial charge is 0.493 e. The lowest BCUT2D eigenvalue weighted by Crippen LogP contribution is -2.41. The first-order valence-electron chi connectivity index (χ1n) is 12.6. The van der Waals surface area contributed by atoms with Crippen LogP contribution in [0, 0.1) is 15.5 Å². The summed E-state index contributed by atoms with van der Waals surface area (Å²) >= 11 is 0. The number of carbonyl (C=O) groups excluding carboxylic acids is 3. The summed E-state index contributed by atoms with van der Waals surface area (Å²) in [6.45, 7) is 0.0555. The Balaban J connectivity index is 1.68. The number of hydrogen-bond acceptors (Lipinski definition) is 13. The molecule has 2 rings (SSSR count). The number of hydrogen-bond donors (Lipinski definition) is 2. The highest BCUT2D eigenvalue weighted by molar-refractivity contribution is 5.67. The van der Waals surface area contributed by atoms with Crippen molar-refractivity contribution < 1.29 is 57.6 Å². The Morgan fingerprint density at radius 3 is 2.12 bits per heavy atom. The molecule has 0 saturated heterocycles. The zero-order valence-corrected chi connectivity index (χ0v) is 23.5. The number of nitro groups is 1. The molecule has 0 aliphatic rings. The molecule has 0 radical (unpaired) electrons. The Morgan fingerprint density at radius 2 is 1.52 bits per heavy atom. The summed E-state index contributed by atoms with van der Waals surface area (Å²) in [6.07, 6.45) is -2.61. The summed E-state index contributed by atoms with van der Waals surface area (Å²) < 4.78 is 35.1. The van der Waals surface area contributed by atoms with E-state index < -0.39 is 42.0 Å². The molecule has 15 heteroatoms. The minimum atomic E-state index is -1.10. The van der Waals surface area contributed by atoms with Crippen LogP contribution in [0.15, 0.2) is 42.5 Å². The van der Waals surface area contributed by atoms with E-state index in [2.05, 4.69) is 5.32 Å². The second-order valence-corrected chi connectivity index (χ2v) is 9.10. The van der Waals surface area contributed by atoms with Crippen molar-refractivity contribution in [3.63, 3.8) is 0 Å². The van der Waals surface area contributed by atoms with E-state index in [0.29, 0.717) is 0 Å². The van der Waals surface area contributed by atoms with Gasteiger partial charge in [-0.1, -0.05) is 37.3 Å². The number of nitro benzene ring substituents is 1. The van der Waals surface area contributed by atoms with Gasteiger partial charge in [-0.2, -0.15) is 0 Å². The number of aliphatic hydroxyl groups is 1. The van der Waals surface area contributed by atoms with E-state index in [9.17, 15) is 29.6 Å². The van der Waals surface area contributed by atoms with Gasteiger partial charge in [0.2, 0.25) is 0 Å². The zero-order valence-electron chi connectivity index (χ0n) is 23.5. The van der Waals surface area contributed by atoms with Gasteiger partial charge in [0.1, 0.15) is 19.8 Å². The molecule has 0 bridgehead atoms. The number of nitrogens with one attached hydrogen (secondary N) is 1. The first-order chi connectivity index (χ1) is 20.1. The minimum Gasteiger partial charge on any atom is -0.493 e. The SMILES string of the molecule is COc1cc(COC(=O)NCC(C)(CO)COC(=O)OCCCOC(=O)OCc2ccccc2)c([N+](=O)[O-])cc1OC. The van der Waals surface area contributed by atoms with Crippen molar-refractivity contribution in [2.75, 3.05) is 47.2 Å². The number of benzene rings is 2. The average Bonchev–Trinajstić information content (AvgIpc) is 3.00. The molecule has 2 N–H and O–H groups in total. The molecule has 0 heterocycles. The summed E-state index contributed by atoms with van der Waals surface area (Å²) in [5.41, 5.74) is -0.553. The molecule has 0 aliphatic carbocycles. The van der Waals surface area contributed by atoms with E-state index >= 15 is 0 Å². The van der Waals surface area contributed by atoms with Crippen LogP contribution in [-0.2, 0) is 36.9 Å². The first kappa shape index (κ1) is 33.4. The van der Waals surface area contributed by atoms with Crippen LogP contribution in [0.1, 0.15) is 24.5 Å². The fourth-order valence-electron chi connectivity index (χ4n) is 3.23. The van der Waals surface area contributed by atoms with Gasteiger partial charge in [-0.05, 0) is 11.6 Å². The third-order valence-corrected chi connectivity index (χ3v) is 5.65. The van der Waals surface area contributed by atoms with Crippen LogP contribution >= 0.6 is 0 Å². The Bertz CT molecular complexity index is 1190. The third kappa shape index (κ3) is 11.4. The standard InChI is InChI=1S/C27H34N2O13/c1-27(17-30,16-28-24(31)40-15-20-12-22(36-2)23(37-3)13-21(20)29(34)35)18-42-26(33)39-11-7-10-38-25(32)41-14-19-8-5-4-6-9-19/h4-6,8-9,12-13,30H,7,10-11,14-18H2,1-3H3,(H,28,31). The topological polar surface area (TPSA) is 191 Å². The summed E-state index contributed by atoms with van der Waals surface area (Å²) in [6, 6.07) is 11.5. The van der Waals surface area contributed by atoms with Crippen molar-refractivity contribution in [3.8, 4) is 11.5 Å². The van der Waals surface area contributed by atoms with Gasteiger partial charge in [-0.15, -0.1) is 0 Å². The highest BCUT2D eigenvalue weighted by atomic mass is 16.7. The quantitative estimate of drug-likeness (QED) is 0.0940. The molecule has 15 nitrogen and oxygen atoms in total. The fraction of sp³-hybridized carbons (Fsp3) is 0.444. The number of methoxy groups -OCH3 is 2. The maximum Gasteiger partial charge on any atom is 0.508 e. The normalized spacial score (nSPS) is 11.8. The number of aliphatic hydroxyl groups excluding tert-OH is 1. The molecule has 2 aromatic carbocycles.